The molecule has 0 aromatic rings. The number of likely N-dealkylation sites (N-methyl/N-ethyl adjacent to an activating group) is 1. The molecule has 1 saturated heterocycles. The Hall–Kier alpha value is -0.340. The fourth-order valence-electron chi connectivity index (χ4n) is 3.59. The summed E-state index contributed by atoms with van der Waals surface area (Å²) in [4.78, 5) is 0. The molecule has 1 heterocycles. The van der Waals surface area contributed by atoms with Gasteiger partial charge in [-0.2, -0.15) is 0 Å². The first-order chi connectivity index (χ1) is 9.90. The minimum atomic E-state index is 0.527. The van der Waals surface area contributed by atoms with Crippen LogP contribution >= 0.6 is 0 Å². The van der Waals surface area contributed by atoms with Gasteiger partial charge in [0.05, 0.1) is 6.10 Å². The highest BCUT2D eigenvalue weighted by Crippen LogP contribution is 2.24. The van der Waals surface area contributed by atoms with Crippen molar-refractivity contribution >= 4 is 0 Å². The lowest BCUT2D eigenvalue weighted by atomic mass is 9.91. The van der Waals surface area contributed by atoms with Gasteiger partial charge in [0, 0.05) is 12.6 Å². The highest BCUT2D eigenvalue weighted by molar-refractivity contribution is 5.11. The quantitative estimate of drug-likeness (QED) is 0.718. The largest absolute Gasteiger partial charge is 0.378 e. The van der Waals surface area contributed by atoms with Crippen molar-refractivity contribution < 1.29 is 4.74 Å². The van der Waals surface area contributed by atoms with Crippen molar-refractivity contribution in [1.82, 2.24) is 5.32 Å². The lowest BCUT2D eigenvalue weighted by Gasteiger charge is -2.27. The Labute approximate surface area is 125 Å². The van der Waals surface area contributed by atoms with Crippen molar-refractivity contribution in [3.8, 4) is 0 Å². The summed E-state index contributed by atoms with van der Waals surface area (Å²) in [6.45, 7) is 4.29. The van der Waals surface area contributed by atoms with E-state index in [1.54, 1.807) is 5.57 Å². The van der Waals surface area contributed by atoms with Gasteiger partial charge in [0.2, 0.25) is 0 Å². The van der Waals surface area contributed by atoms with Gasteiger partial charge >= 0.3 is 0 Å². The normalized spacial score (nSPS) is 26.4. The Morgan fingerprint density at radius 2 is 2.10 bits per heavy atom. The van der Waals surface area contributed by atoms with Crippen LogP contribution in [0.2, 0.25) is 0 Å². The van der Waals surface area contributed by atoms with Crippen LogP contribution in [-0.4, -0.2) is 25.3 Å². The van der Waals surface area contributed by atoms with Crippen LogP contribution in [0.3, 0.4) is 0 Å². The molecule has 0 radical (unpaired) electrons. The lowest BCUT2D eigenvalue weighted by Crippen LogP contribution is -2.33. The summed E-state index contributed by atoms with van der Waals surface area (Å²) in [5, 5.41) is 3.72. The van der Waals surface area contributed by atoms with Gasteiger partial charge in [0.1, 0.15) is 0 Å². The Morgan fingerprint density at radius 3 is 2.90 bits per heavy atom. The maximum absolute atomic E-state index is 5.89. The lowest BCUT2D eigenvalue weighted by molar-refractivity contribution is 0.00908. The van der Waals surface area contributed by atoms with Crippen LogP contribution in [0, 0.1) is 0 Å². The van der Waals surface area contributed by atoms with Gasteiger partial charge in [-0.1, -0.05) is 31.4 Å². The Balaban J connectivity index is 1.84. The minimum Gasteiger partial charge on any atom is -0.378 e. The Morgan fingerprint density at radius 1 is 1.20 bits per heavy atom. The molecule has 1 N–H and O–H groups in total. The Kier molecular flexibility index (Phi) is 7.67. The molecule has 2 aliphatic rings. The fourth-order valence-corrected chi connectivity index (χ4v) is 3.59. The topological polar surface area (TPSA) is 21.3 Å². The average Bonchev–Trinajstić information content (AvgIpc) is 2.45. The highest BCUT2D eigenvalue weighted by Gasteiger charge is 2.19. The number of rotatable bonds is 6. The van der Waals surface area contributed by atoms with Crippen molar-refractivity contribution in [1.29, 1.82) is 0 Å². The molecule has 0 aromatic heterocycles. The molecule has 0 amide bonds. The number of hydrogen-bond acceptors (Lipinski definition) is 2. The van der Waals surface area contributed by atoms with Crippen molar-refractivity contribution in [2.75, 3.05) is 13.2 Å². The van der Waals surface area contributed by atoms with E-state index in [2.05, 4.69) is 18.3 Å². The third kappa shape index (κ3) is 5.57. The van der Waals surface area contributed by atoms with Crippen molar-refractivity contribution in [3.05, 3.63) is 11.6 Å². The third-order valence-corrected chi connectivity index (χ3v) is 4.78. The van der Waals surface area contributed by atoms with E-state index >= 15 is 0 Å². The van der Waals surface area contributed by atoms with Gasteiger partial charge in [-0.15, -0.1) is 0 Å². The predicted molar refractivity (Wildman–Crippen MR) is 86.1 cm³/mol. The first-order valence-corrected chi connectivity index (χ1v) is 8.94. The molecule has 1 fully saturated rings. The molecule has 0 spiro atoms. The van der Waals surface area contributed by atoms with Crippen LogP contribution in [0.4, 0.5) is 0 Å². The maximum Gasteiger partial charge on any atom is 0.0575 e. The highest BCUT2D eigenvalue weighted by atomic mass is 16.5. The standard InChI is InChI=1S/C18H33NO/c1-2-19-18(14-13-17-12-8-9-15-20-17)16-10-6-4-3-5-7-11-16/h10,17-19H,2-9,11-15H2,1H3. The fraction of sp³-hybridized carbons (Fsp3) is 0.889. The van der Waals surface area contributed by atoms with Gasteiger partial charge < -0.3 is 10.1 Å². The molecular weight excluding hydrogens is 246 g/mol. The van der Waals surface area contributed by atoms with Crippen LogP contribution in [-0.2, 0) is 4.74 Å². The number of hydrogen-bond donors (Lipinski definition) is 1. The summed E-state index contributed by atoms with van der Waals surface area (Å²) in [5.41, 5.74) is 1.68. The summed E-state index contributed by atoms with van der Waals surface area (Å²) in [7, 11) is 0. The zero-order valence-corrected chi connectivity index (χ0v) is 13.3. The van der Waals surface area contributed by atoms with E-state index in [1.165, 1.54) is 70.6 Å². The molecule has 0 aromatic carbocycles. The van der Waals surface area contributed by atoms with Crippen molar-refractivity contribution in [2.24, 2.45) is 0 Å². The third-order valence-electron chi connectivity index (χ3n) is 4.78. The molecule has 1 aliphatic carbocycles. The molecule has 0 saturated carbocycles. The molecule has 2 nitrogen and oxygen atoms in total. The van der Waals surface area contributed by atoms with Crippen LogP contribution in [0.15, 0.2) is 11.6 Å². The molecule has 2 unspecified atom stereocenters. The van der Waals surface area contributed by atoms with Crippen molar-refractivity contribution in [3.63, 3.8) is 0 Å². The van der Waals surface area contributed by atoms with E-state index in [4.69, 9.17) is 4.74 Å². The molecule has 2 atom stereocenters. The molecule has 20 heavy (non-hydrogen) atoms. The number of allylic oxidation sites excluding steroid dienone is 1. The van der Waals surface area contributed by atoms with Crippen molar-refractivity contribution in [2.45, 2.75) is 89.7 Å². The van der Waals surface area contributed by atoms with Crippen LogP contribution in [0.25, 0.3) is 0 Å². The van der Waals surface area contributed by atoms with Gasteiger partial charge in [0.15, 0.2) is 0 Å². The summed E-state index contributed by atoms with van der Waals surface area (Å²) < 4.78 is 5.89. The van der Waals surface area contributed by atoms with E-state index in [9.17, 15) is 0 Å². The zero-order chi connectivity index (χ0) is 14.0. The van der Waals surface area contributed by atoms with Gasteiger partial charge in [0.25, 0.3) is 0 Å². The molecule has 116 valence electrons. The second-order valence-electron chi connectivity index (χ2n) is 6.41. The Bertz CT molecular complexity index is 281. The van der Waals surface area contributed by atoms with E-state index in [1.807, 2.05) is 0 Å². The second-order valence-corrected chi connectivity index (χ2v) is 6.41. The summed E-state index contributed by atoms with van der Waals surface area (Å²) in [6, 6.07) is 0.601. The van der Waals surface area contributed by atoms with Gasteiger partial charge in [-0.3, -0.25) is 0 Å². The number of nitrogens with one attached hydrogen (secondary N) is 1. The molecule has 0 bridgehead atoms. The van der Waals surface area contributed by atoms with Crippen LogP contribution in [0.5, 0.6) is 0 Å². The summed E-state index contributed by atoms with van der Waals surface area (Å²) in [6.07, 6.45) is 17.7. The smallest absolute Gasteiger partial charge is 0.0575 e. The van der Waals surface area contributed by atoms with E-state index in [-0.39, 0.29) is 0 Å². The molecule has 2 heteroatoms. The molecule has 2 rings (SSSR count). The minimum absolute atomic E-state index is 0.527. The van der Waals surface area contributed by atoms with Gasteiger partial charge in [-0.05, 0) is 64.3 Å². The molecule has 1 aliphatic heterocycles. The van der Waals surface area contributed by atoms with Gasteiger partial charge in [-0.25, -0.2) is 0 Å². The monoisotopic (exact) mass is 279 g/mol. The van der Waals surface area contributed by atoms with E-state index in [0.29, 0.717) is 12.1 Å². The summed E-state index contributed by atoms with van der Waals surface area (Å²) >= 11 is 0. The van der Waals surface area contributed by atoms with E-state index < -0.39 is 0 Å². The van der Waals surface area contributed by atoms with E-state index in [0.717, 1.165) is 13.2 Å². The zero-order valence-electron chi connectivity index (χ0n) is 13.3. The first kappa shape index (κ1) is 16.0. The van der Waals surface area contributed by atoms with Crippen LogP contribution in [0.1, 0.15) is 77.6 Å². The average molecular weight is 279 g/mol. The maximum atomic E-state index is 5.89. The molecular formula is C18H33NO. The second kappa shape index (κ2) is 9.57. The predicted octanol–water partition coefficient (Wildman–Crippen LogP) is 4.59. The summed E-state index contributed by atoms with van der Waals surface area (Å²) in [5.74, 6) is 0. The number of ether oxygens (including phenoxy) is 1. The SMILES string of the molecule is CCNC(CCC1CCCCO1)C1=CCCCCCC1. The first-order valence-electron chi connectivity index (χ1n) is 8.94. The van der Waals surface area contributed by atoms with Crippen LogP contribution < -0.4 is 5.32 Å².